The average molecular weight is 436 g/mol. The van der Waals surface area contributed by atoms with Crippen molar-refractivity contribution in [3.8, 4) is 11.4 Å². The third-order valence-electron chi connectivity index (χ3n) is 3.75. The van der Waals surface area contributed by atoms with Gasteiger partial charge in [0, 0.05) is 16.5 Å². The smallest absolute Gasteiger partial charge is 0.338 e. The fourth-order valence-electron chi connectivity index (χ4n) is 2.48. The fraction of sp³-hybridized carbons (Fsp3) is 0.316. The Balaban J connectivity index is 1.74. The van der Waals surface area contributed by atoms with Crippen molar-refractivity contribution >= 4 is 27.3 Å². The van der Waals surface area contributed by atoms with Gasteiger partial charge >= 0.3 is 5.97 Å². The zero-order chi connectivity index (χ0) is 21.2. The van der Waals surface area contributed by atoms with Gasteiger partial charge in [-0.3, -0.25) is 0 Å². The van der Waals surface area contributed by atoms with Crippen LogP contribution in [0.1, 0.15) is 42.6 Å². The molecule has 0 bridgehead atoms. The third-order valence-corrected chi connectivity index (χ3v) is 6.19. The maximum Gasteiger partial charge on any atom is 0.338 e. The maximum absolute atomic E-state index is 12.5. The Kier molecular flexibility index (Phi) is 5.87. The molecular weight excluding hydrogens is 414 g/mol. The van der Waals surface area contributed by atoms with Gasteiger partial charge in [0.15, 0.2) is 6.61 Å². The minimum absolute atomic E-state index is 0.0116. The molecule has 1 aromatic carbocycles. The first-order valence-corrected chi connectivity index (χ1v) is 11.1. The molecule has 0 saturated carbocycles. The van der Waals surface area contributed by atoms with E-state index in [2.05, 4.69) is 14.9 Å². The van der Waals surface area contributed by atoms with Crippen molar-refractivity contribution < 1.29 is 22.5 Å². The van der Waals surface area contributed by atoms with Crippen molar-refractivity contribution in [1.82, 2.24) is 14.9 Å². The second kappa shape index (κ2) is 8.05. The molecule has 2 aromatic heterocycles. The van der Waals surface area contributed by atoms with Gasteiger partial charge in [0.2, 0.25) is 15.8 Å². The highest BCUT2D eigenvalue weighted by atomic mass is 32.2. The SMILES string of the molecule is Cc1ccc(S(=O)(=O)NC(C)(C)C)cc1C(=O)OCc1nc(-c2ccsc2)no1. The van der Waals surface area contributed by atoms with Gasteiger partial charge in [0.05, 0.1) is 10.5 Å². The van der Waals surface area contributed by atoms with Gasteiger partial charge < -0.3 is 9.26 Å². The van der Waals surface area contributed by atoms with E-state index in [1.807, 2.05) is 16.8 Å². The highest BCUT2D eigenvalue weighted by molar-refractivity contribution is 7.89. The standard InChI is InChI=1S/C19H21N3O5S2/c1-12-5-6-14(29(24,25)22-19(2,3)4)9-15(12)18(23)26-10-16-20-17(21-27-16)13-7-8-28-11-13/h5-9,11,22H,10H2,1-4H3. The zero-order valence-corrected chi connectivity index (χ0v) is 18.1. The number of aryl methyl sites for hydroxylation is 1. The van der Waals surface area contributed by atoms with E-state index in [-0.39, 0.29) is 23.0 Å². The summed E-state index contributed by atoms with van der Waals surface area (Å²) in [6.07, 6.45) is 0. The quantitative estimate of drug-likeness (QED) is 0.589. The van der Waals surface area contributed by atoms with Crippen molar-refractivity contribution in [2.24, 2.45) is 0 Å². The van der Waals surface area contributed by atoms with Crippen molar-refractivity contribution in [3.63, 3.8) is 0 Å². The Morgan fingerprint density at radius 1 is 1.28 bits per heavy atom. The largest absolute Gasteiger partial charge is 0.452 e. The molecule has 8 nitrogen and oxygen atoms in total. The lowest BCUT2D eigenvalue weighted by molar-refractivity contribution is 0.0428. The van der Waals surface area contributed by atoms with E-state index in [0.29, 0.717) is 11.4 Å². The summed E-state index contributed by atoms with van der Waals surface area (Å²) in [6.45, 7) is 6.70. The number of esters is 1. The molecule has 0 amide bonds. The highest BCUT2D eigenvalue weighted by Gasteiger charge is 2.24. The Morgan fingerprint density at radius 3 is 2.69 bits per heavy atom. The number of carbonyl (C=O) groups excluding carboxylic acids is 1. The van der Waals surface area contributed by atoms with Crippen molar-refractivity contribution in [2.45, 2.75) is 44.7 Å². The summed E-state index contributed by atoms with van der Waals surface area (Å²) in [4.78, 5) is 16.7. The molecule has 29 heavy (non-hydrogen) atoms. The van der Waals surface area contributed by atoms with Crippen LogP contribution in [0, 0.1) is 6.92 Å². The summed E-state index contributed by atoms with van der Waals surface area (Å²) in [6, 6.07) is 6.17. The zero-order valence-electron chi connectivity index (χ0n) is 16.4. The van der Waals surface area contributed by atoms with Crippen LogP contribution in [-0.2, 0) is 21.4 Å². The molecule has 3 rings (SSSR count). The van der Waals surface area contributed by atoms with E-state index in [1.165, 1.54) is 23.5 Å². The molecule has 0 aliphatic carbocycles. The number of hydrogen-bond acceptors (Lipinski definition) is 8. The first-order chi connectivity index (χ1) is 13.5. The lowest BCUT2D eigenvalue weighted by Gasteiger charge is -2.20. The second-order valence-electron chi connectivity index (χ2n) is 7.43. The van der Waals surface area contributed by atoms with Crippen LogP contribution in [0.3, 0.4) is 0 Å². The van der Waals surface area contributed by atoms with Gasteiger partial charge in [-0.2, -0.15) is 16.3 Å². The van der Waals surface area contributed by atoms with E-state index in [4.69, 9.17) is 9.26 Å². The van der Waals surface area contributed by atoms with E-state index in [1.54, 1.807) is 33.8 Å². The summed E-state index contributed by atoms with van der Waals surface area (Å²) >= 11 is 1.51. The lowest BCUT2D eigenvalue weighted by atomic mass is 10.1. The van der Waals surface area contributed by atoms with Gasteiger partial charge in [-0.05, 0) is 56.8 Å². The van der Waals surface area contributed by atoms with Crippen molar-refractivity contribution in [2.75, 3.05) is 0 Å². The first-order valence-electron chi connectivity index (χ1n) is 8.72. The number of benzene rings is 1. The van der Waals surface area contributed by atoms with Crippen LogP contribution in [0.15, 0.2) is 44.4 Å². The Bertz CT molecular complexity index is 1110. The maximum atomic E-state index is 12.5. The molecule has 0 aliphatic rings. The Hall–Kier alpha value is -2.56. The molecule has 0 saturated heterocycles. The molecule has 1 N–H and O–H groups in total. The Morgan fingerprint density at radius 2 is 2.03 bits per heavy atom. The molecule has 0 atom stereocenters. The summed E-state index contributed by atoms with van der Waals surface area (Å²) in [5.74, 6) is -0.115. The molecule has 2 heterocycles. The van der Waals surface area contributed by atoms with Gasteiger partial charge in [-0.25, -0.2) is 17.9 Å². The summed E-state index contributed by atoms with van der Waals surface area (Å²) in [5.41, 5.74) is 0.910. The van der Waals surface area contributed by atoms with Crippen molar-refractivity contribution in [1.29, 1.82) is 0 Å². The number of nitrogens with one attached hydrogen (secondary N) is 1. The van der Waals surface area contributed by atoms with Crippen LogP contribution in [0.4, 0.5) is 0 Å². The van der Waals surface area contributed by atoms with Crippen LogP contribution >= 0.6 is 11.3 Å². The molecule has 10 heteroatoms. The number of aromatic nitrogens is 2. The van der Waals surface area contributed by atoms with Gasteiger partial charge in [0.1, 0.15) is 0 Å². The normalized spacial score (nSPS) is 12.1. The van der Waals surface area contributed by atoms with E-state index >= 15 is 0 Å². The molecule has 0 spiro atoms. The van der Waals surface area contributed by atoms with E-state index < -0.39 is 21.5 Å². The third kappa shape index (κ3) is 5.28. The van der Waals surface area contributed by atoms with E-state index in [0.717, 1.165) is 5.56 Å². The summed E-state index contributed by atoms with van der Waals surface area (Å²) < 4.78 is 38.0. The van der Waals surface area contributed by atoms with Crippen LogP contribution in [0.5, 0.6) is 0 Å². The number of ether oxygens (including phenoxy) is 1. The van der Waals surface area contributed by atoms with Crippen LogP contribution < -0.4 is 4.72 Å². The molecule has 0 fully saturated rings. The monoisotopic (exact) mass is 435 g/mol. The van der Waals surface area contributed by atoms with Crippen molar-refractivity contribution in [3.05, 3.63) is 52.0 Å². The van der Waals surface area contributed by atoms with Crippen LogP contribution in [0.2, 0.25) is 0 Å². The second-order valence-corrected chi connectivity index (χ2v) is 9.89. The fourth-order valence-corrected chi connectivity index (χ4v) is 4.56. The number of nitrogens with zero attached hydrogens (tertiary/aromatic N) is 2. The summed E-state index contributed by atoms with van der Waals surface area (Å²) in [7, 11) is -3.78. The van der Waals surface area contributed by atoms with E-state index in [9.17, 15) is 13.2 Å². The number of sulfonamides is 1. The summed E-state index contributed by atoms with van der Waals surface area (Å²) in [5, 5.41) is 7.62. The van der Waals surface area contributed by atoms with Crippen LogP contribution in [0.25, 0.3) is 11.4 Å². The molecule has 0 aliphatic heterocycles. The predicted octanol–water partition coefficient (Wildman–Crippen LogP) is 3.54. The van der Waals surface area contributed by atoms with Crippen LogP contribution in [-0.4, -0.2) is 30.1 Å². The molecule has 3 aromatic rings. The number of thiophene rings is 1. The molecule has 154 valence electrons. The molecular formula is C19H21N3O5S2. The number of rotatable bonds is 6. The first kappa shape index (κ1) is 21.2. The number of hydrogen-bond donors (Lipinski definition) is 1. The predicted molar refractivity (Wildman–Crippen MR) is 108 cm³/mol. The minimum Gasteiger partial charge on any atom is -0.452 e. The topological polar surface area (TPSA) is 111 Å². The molecule has 0 radical (unpaired) electrons. The number of carbonyl (C=O) groups is 1. The highest BCUT2D eigenvalue weighted by Crippen LogP contribution is 2.21. The molecule has 0 unspecified atom stereocenters. The Labute approximate surface area is 173 Å². The average Bonchev–Trinajstić information content (AvgIpc) is 3.29. The lowest BCUT2D eigenvalue weighted by Crippen LogP contribution is -2.40. The minimum atomic E-state index is -3.78. The van der Waals surface area contributed by atoms with Gasteiger partial charge in [-0.15, -0.1) is 0 Å². The van der Waals surface area contributed by atoms with Gasteiger partial charge in [-0.1, -0.05) is 11.2 Å². The van der Waals surface area contributed by atoms with Gasteiger partial charge in [0.25, 0.3) is 5.89 Å².